The lowest BCUT2D eigenvalue weighted by atomic mass is 10.0. The predicted molar refractivity (Wildman–Crippen MR) is 170 cm³/mol. The summed E-state index contributed by atoms with van der Waals surface area (Å²) in [5.74, 6) is -2.04. The molecule has 2 aliphatic rings. The van der Waals surface area contributed by atoms with E-state index in [1.807, 2.05) is 41.5 Å². The molecule has 1 atom stereocenters. The Bertz CT molecular complexity index is 1830. The molecule has 0 bridgehead atoms. The average Bonchev–Trinajstić information content (AvgIpc) is 3.75. The number of hydrogen-bond donors (Lipinski definition) is 4. The number of anilines is 3. The van der Waals surface area contributed by atoms with E-state index in [0.717, 1.165) is 36.8 Å². The van der Waals surface area contributed by atoms with Gasteiger partial charge in [0.05, 0.1) is 39.2 Å². The van der Waals surface area contributed by atoms with Crippen molar-refractivity contribution in [1.82, 2.24) is 25.9 Å². The lowest BCUT2D eigenvalue weighted by Gasteiger charge is -2.22. The van der Waals surface area contributed by atoms with Gasteiger partial charge in [-0.2, -0.15) is 10.5 Å². The zero-order valence-corrected chi connectivity index (χ0v) is 25.0. The van der Waals surface area contributed by atoms with E-state index in [2.05, 4.69) is 37.5 Å². The van der Waals surface area contributed by atoms with Crippen LogP contribution in [0.25, 0.3) is 10.9 Å². The molecular formula is C33H30ClF2N9. The van der Waals surface area contributed by atoms with Gasteiger partial charge in [-0.3, -0.25) is 9.99 Å². The number of benzene rings is 3. The number of nitriles is 2. The molecule has 0 unspecified atom stereocenters. The number of likely N-dealkylation sites (tertiary alicyclic amines) is 1. The molecule has 6 rings (SSSR count). The Hall–Kier alpha value is -4.94. The summed E-state index contributed by atoms with van der Waals surface area (Å²) in [5, 5.41) is 28.4. The van der Waals surface area contributed by atoms with Crippen LogP contribution in [-0.2, 0) is 0 Å². The Labute approximate surface area is 264 Å². The van der Waals surface area contributed by atoms with Crippen molar-refractivity contribution in [2.75, 3.05) is 36.8 Å². The van der Waals surface area contributed by atoms with Crippen LogP contribution in [-0.4, -0.2) is 41.1 Å². The van der Waals surface area contributed by atoms with E-state index in [9.17, 15) is 14.9 Å². The summed E-state index contributed by atoms with van der Waals surface area (Å²) in [6.45, 7) is 4.24. The Kier molecular flexibility index (Phi) is 8.94. The highest BCUT2D eigenvalue weighted by Crippen LogP contribution is 2.37. The van der Waals surface area contributed by atoms with E-state index in [1.165, 1.54) is 38.2 Å². The number of aromatic nitrogens is 1. The molecule has 0 radical (unpaired) electrons. The molecule has 12 heteroatoms. The second-order valence-electron chi connectivity index (χ2n) is 10.9. The quantitative estimate of drug-likeness (QED) is 0.158. The minimum absolute atomic E-state index is 0.117. The number of rotatable bonds is 10. The predicted octanol–water partition coefficient (Wildman–Crippen LogP) is 6.46. The summed E-state index contributed by atoms with van der Waals surface area (Å²) < 4.78 is 29.1. The summed E-state index contributed by atoms with van der Waals surface area (Å²) in [6.07, 6.45) is 6.95. The van der Waals surface area contributed by atoms with Gasteiger partial charge < -0.3 is 21.0 Å². The van der Waals surface area contributed by atoms with Gasteiger partial charge in [0.1, 0.15) is 23.5 Å². The molecule has 0 aliphatic carbocycles. The van der Waals surface area contributed by atoms with E-state index in [1.54, 1.807) is 18.2 Å². The van der Waals surface area contributed by atoms with Crippen molar-refractivity contribution in [2.24, 2.45) is 0 Å². The first-order valence-electron chi connectivity index (χ1n) is 14.7. The zero-order chi connectivity index (χ0) is 31.3. The minimum Gasteiger partial charge on any atom is -0.373 e. The first-order chi connectivity index (χ1) is 21.9. The molecule has 1 saturated heterocycles. The van der Waals surface area contributed by atoms with Crippen molar-refractivity contribution in [3.63, 3.8) is 0 Å². The van der Waals surface area contributed by atoms with Crippen LogP contribution in [0.15, 0.2) is 72.7 Å². The molecule has 1 aromatic heterocycles. The lowest BCUT2D eigenvalue weighted by molar-refractivity contribution is 0.243. The second kappa shape index (κ2) is 13.4. The highest BCUT2D eigenvalue weighted by molar-refractivity contribution is 6.36. The highest BCUT2D eigenvalue weighted by atomic mass is 35.5. The fraction of sp³-hybridized carbons (Fsp3) is 0.242. The summed E-state index contributed by atoms with van der Waals surface area (Å²) in [5.41, 5.74) is 8.88. The van der Waals surface area contributed by atoms with E-state index in [4.69, 9.17) is 11.6 Å². The van der Waals surface area contributed by atoms with Crippen molar-refractivity contribution in [1.29, 1.82) is 10.5 Å². The van der Waals surface area contributed by atoms with Gasteiger partial charge in [0.25, 0.3) is 0 Å². The molecule has 0 saturated carbocycles. The van der Waals surface area contributed by atoms with E-state index in [-0.39, 0.29) is 23.0 Å². The maximum Gasteiger partial charge on any atom is 0.167 e. The van der Waals surface area contributed by atoms with Gasteiger partial charge in [-0.25, -0.2) is 8.78 Å². The molecule has 4 N–H and O–H groups in total. The molecule has 4 aromatic rings. The second-order valence-corrected chi connectivity index (χ2v) is 11.3. The molecule has 228 valence electrons. The Morgan fingerprint density at radius 3 is 2.58 bits per heavy atom. The van der Waals surface area contributed by atoms with Crippen LogP contribution in [0.1, 0.15) is 42.0 Å². The largest absolute Gasteiger partial charge is 0.373 e. The van der Waals surface area contributed by atoms with E-state index in [0.29, 0.717) is 21.6 Å². The van der Waals surface area contributed by atoms with Crippen molar-refractivity contribution in [2.45, 2.75) is 25.3 Å². The third-order valence-electron chi connectivity index (χ3n) is 7.97. The summed E-state index contributed by atoms with van der Waals surface area (Å²) in [7, 11) is 0. The van der Waals surface area contributed by atoms with Crippen molar-refractivity contribution >= 4 is 39.6 Å². The fourth-order valence-corrected chi connectivity index (χ4v) is 5.98. The first kappa shape index (κ1) is 30.1. The van der Waals surface area contributed by atoms with Crippen LogP contribution >= 0.6 is 11.6 Å². The summed E-state index contributed by atoms with van der Waals surface area (Å²) in [6, 6.07) is 18.9. The standard InChI is InChI=1S/C33H30ClF2N9/c34-26-16-23(15-24-31(22(17-37)19-39-33(24)26)41-28-10-9-27(35)25(18-38)30(28)36)40-32(21-7-2-1-3-8-21)29-20-45(43-42-29)14-6-13-44-11-4-5-12-44/h1-3,7-10,15-16,19-20,32,40,42-43H,4-6,11-14H2,(H,39,41)/t32-/m0/s1. The zero-order valence-electron chi connectivity index (χ0n) is 24.2. The van der Waals surface area contributed by atoms with Crippen molar-refractivity contribution < 1.29 is 8.78 Å². The SMILES string of the molecule is N#Cc1cnc2c(Cl)cc(N[C@H](C3=CN(CCCN4CCCC4)NN3)c3ccccc3)cc2c1Nc1ccc(F)c(C#N)c1F. The van der Waals surface area contributed by atoms with E-state index < -0.39 is 17.2 Å². The third kappa shape index (κ3) is 6.47. The fourth-order valence-electron chi connectivity index (χ4n) is 5.71. The van der Waals surface area contributed by atoms with Crippen molar-refractivity contribution in [3.05, 3.63) is 106 Å². The van der Waals surface area contributed by atoms with Crippen LogP contribution in [0.2, 0.25) is 5.02 Å². The third-order valence-corrected chi connectivity index (χ3v) is 8.26. The number of hydrazine groups is 2. The van der Waals surface area contributed by atoms with Crippen LogP contribution in [0.4, 0.5) is 25.8 Å². The molecule has 3 aromatic carbocycles. The van der Waals surface area contributed by atoms with Crippen molar-refractivity contribution in [3.8, 4) is 12.1 Å². The molecule has 9 nitrogen and oxygen atoms in total. The molecule has 45 heavy (non-hydrogen) atoms. The number of nitrogens with zero attached hydrogens (tertiary/aromatic N) is 5. The minimum atomic E-state index is -1.06. The number of fused-ring (bicyclic) bond motifs is 1. The monoisotopic (exact) mass is 625 g/mol. The Balaban J connectivity index is 1.33. The van der Waals surface area contributed by atoms with Crippen LogP contribution < -0.4 is 21.6 Å². The Morgan fingerprint density at radius 1 is 1.02 bits per heavy atom. The summed E-state index contributed by atoms with van der Waals surface area (Å²) >= 11 is 6.72. The van der Waals surface area contributed by atoms with Gasteiger partial charge in [0.15, 0.2) is 5.82 Å². The smallest absolute Gasteiger partial charge is 0.167 e. The maximum atomic E-state index is 15.0. The van der Waals surface area contributed by atoms with Gasteiger partial charge in [-0.1, -0.05) is 41.9 Å². The Morgan fingerprint density at radius 2 is 1.82 bits per heavy atom. The molecule has 1 fully saturated rings. The lowest BCUT2D eigenvalue weighted by Crippen LogP contribution is -2.38. The van der Waals surface area contributed by atoms with Crippen LogP contribution in [0, 0.1) is 34.3 Å². The van der Waals surface area contributed by atoms with E-state index >= 15 is 4.39 Å². The molecular weight excluding hydrogens is 596 g/mol. The van der Waals surface area contributed by atoms with Gasteiger partial charge in [-0.05, 0) is 68.7 Å². The number of nitrogens with one attached hydrogen (secondary N) is 4. The topological polar surface area (TPSA) is 115 Å². The number of hydrogen-bond acceptors (Lipinski definition) is 9. The van der Waals surface area contributed by atoms with Gasteiger partial charge in [-0.15, -0.1) is 5.53 Å². The maximum absolute atomic E-state index is 15.0. The van der Waals surface area contributed by atoms with Gasteiger partial charge in [0.2, 0.25) is 0 Å². The number of halogens is 3. The van der Waals surface area contributed by atoms with Gasteiger partial charge in [0, 0.05) is 30.0 Å². The molecule has 0 amide bonds. The normalized spacial score (nSPS) is 15.3. The summed E-state index contributed by atoms with van der Waals surface area (Å²) in [4.78, 5) is 6.87. The molecule has 2 aliphatic heterocycles. The number of pyridine rings is 1. The first-order valence-corrected chi connectivity index (χ1v) is 15.0. The van der Waals surface area contributed by atoms with Gasteiger partial charge >= 0.3 is 0 Å². The highest BCUT2D eigenvalue weighted by Gasteiger charge is 2.24. The van der Waals surface area contributed by atoms with Crippen LogP contribution in [0.3, 0.4) is 0 Å². The average molecular weight is 626 g/mol. The van der Waals surface area contributed by atoms with Crippen LogP contribution in [0.5, 0.6) is 0 Å². The molecule has 3 heterocycles. The molecule has 0 spiro atoms.